The molecule has 1 unspecified atom stereocenters. The van der Waals surface area contributed by atoms with Gasteiger partial charge in [-0.05, 0) is 39.4 Å². The zero-order valence-electron chi connectivity index (χ0n) is 14.0. The predicted octanol–water partition coefficient (Wildman–Crippen LogP) is 1.76. The average Bonchev–Trinajstić information content (AvgIpc) is 2.45. The zero-order valence-corrected chi connectivity index (χ0v) is 14.0. The van der Waals surface area contributed by atoms with Crippen LogP contribution in [0, 0.1) is 0 Å². The quantitative estimate of drug-likeness (QED) is 0.802. The number of nitrogens with zero attached hydrogens (tertiary/aromatic N) is 2. The SMILES string of the molecule is CCN(Cc1ccccn1)C(CN)CNC(=O)OC(C)(C)C. The van der Waals surface area contributed by atoms with Crippen molar-refractivity contribution in [1.82, 2.24) is 15.2 Å². The molecule has 0 fully saturated rings. The third-order valence-corrected chi connectivity index (χ3v) is 3.17. The van der Waals surface area contributed by atoms with Crippen LogP contribution in [0.2, 0.25) is 0 Å². The fourth-order valence-corrected chi connectivity index (χ4v) is 2.08. The molecule has 0 radical (unpaired) electrons. The fraction of sp³-hybridized carbons (Fsp3) is 0.625. The van der Waals surface area contributed by atoms with Gasteiger partial charge in [0.1, 0.15) is 5.60 Å². The number of nitrogens with one attached hydrogen (secondary N) is 1. The number of alkyl carbamates (subject to hydrolysis) is 1. The monoisotopic (exact) mass is 308 g/mol. The van der Waals surface area contributed by atoms with Crippen molar-refractivity contribution in [2.45, 2.75) is 45.9 Å². The maximum Gasteiger partial charge on any atom is 0.407 e. The Bertz CT molecular complexity index is 445. The lowest BCUT2D eigenvalue weighted by atomic mass is 10.2. The van der Waals surface area contributed by atoms with Crippen molar-refractivity contribution in [2.75, 3.05) is 19.6 Å². The molecule has 0 bridgehead atoms. The highest BCUT2D eigenvalue weighted by molar-refractivity contribution is 5.67. The van der Waals surface area contributed by atoms with Crippen molar-refractivity contribution in [3.63, 3.8) is 0 Å². The summed E-state index contributed by atoms with van der Waals surface area (Å²) in [6.45, 7) is 10.0. The summed E-state index contributed by atoms with van der Waals surface area (Å²) in [4.78, 5) is 18.3. The van der Waals surface area contributed by atoms with E-state index in [-0.39, 0.29) is 6.04 Å². The van der Waals surface area contributed by atoms with Gasteiger partial charge in [0, 0.05) is 31.9 Å². The van der Waals surface area contributed by atoms with Crippen molar-refractivity contribution in [3.8, 4) is 0 Å². The first-order chi connectivity index (χ1) is 10.4. The Morgan fingerprint density at radius 2 is 2.18 bits per heavy atom. The highest BCUT2D eigenvalue weighted by Gasteiger charge is 2.20. The van der Waals surface area contributed by atoms with Gasteiger partial charge < -0.3 is 15.8 Å². The van der Waals surface area contributed by atoms with E-state index in [1.165, 1.54) is 0 Å². The summed E-state index contributed by atoms with van der Waals surface area (Å²) < 4.78 is 5.24. The molecule has 1 atom stereocenters. The maximum atomic E-state index is 11.7. The first-order valence-electron chi connectivity index (χ1n) is 7.66. The zero-order chi connectivity index (χ0) is 16.6. The number of carbonyl (C=O) groups is 1. The van der Waals surface area contributed by atoms with E-state index in [1.54, 1.807) is 6.20 Å². The minimum absolute atomic E-state index is 0.0412. The number of likely N-dealkylation sites (N-methyl/N-ethyl adjacent to an activating group) is 1. The molecule has 0 aliphatic carbocycles. The summed E-state index contributed by atoms with van der Waals surface area (Å²) in [6, 6.07) is 5.88. The van der Waals surface area contributed by atoms with Crippen LogP contribution in [0.1, 0.15) is 33.4 Å². The number of pyridine rings is 1. The highest BCUT2D eigenvalue weighted by Crippen LogP contribution is 2.08. The summed E-state index contributed by atoms with van der Waals surface area (Å²) in [6.07, 6.45) is 1.36. The molecular weight excluding hydrogens is 280 g/mol. The molecular formula is C16H28N4O2. The van der Waals surface area contributed by atoms with Crippen LogP contribution in [-0.2, 0) is 11.3 Å². The molecule has 3 N–H and O–H groups in total. The van der Waals surface area contributed by atoms with E-state index in [0.717, 1.165) is 12.2 Å². The minimum Gasteiger partial charge on any atom is -0.444 e. The lowest BCUT2D eigenvalue weighted by molar-refractivity contribution is 0.0507. The fourth-order valence-electron chi connectivity index (χ4n) is 2.08. The van der Waals surface area contributed by atoms with Crippen molar-refractivity contribution in [2.24, 2.45) is 5.73 Å². The van der Waals surface area contributed by atoms with Crippen LogP contribution < -0.4 is 11.1 Å². The molecule has 1 heterocycles. The number of rotatable bonds is 7. The van der Waals surface area contributed by atoms with Crippen LogP contribution in [0.4, 0.5) is 4.79 Å². The maximum absolute atomic E-state index is 11.7. The van der Waals surface area contributed by atoms with E-state index < -0.39 is 11.7 Å². The summed E-state index contributed by atoms with van der Waals surface area (Å²) in [5.41, 5.74) is 6.35. The lowest BCUT2D eigenvalue weighted by Gasteiger charge is -2.30. The van der Waals surface area contributed by atoms with E-state index >= 15 is 0 Å². The van der Waals surface area contributed by atoms with Crippen molar-refractivity contribution in [1.29, 1.82) is 0 Å². The van der Waals surface area contributed by atoms with Gasteiger partial charge in [0.15, 0.2) is 0 Å². The average molecular weight is 308 g/mol. The van der Waals surface area contributed by atoms with Crippen LogP contribution in [-0.4, -0.2) is 47.3 Å². The van der Waals surface area contributed by atoms with Gasteiger partial charge in [-0.15, -0.1) is 0 Å². The molecule has 0 aliphatic heterocycles. The predicted molar refractivity (Wildman–Crippen MR) is 87.4 cm³/mol. The van der Waals surface area contributed by atoms with Gasteiger partial charge >= 0.3 is 6.09 Å². The molecule has 6 nitrogen and oxygen atoms in total. The lowest BCUT2D eigenvalue weighted by Crippen LogP contribution is -2.48. The minimum atomic E-state index is -0.499. The van der Waals surface area contributed by atoms with Crippen molar-refractivity contribution >= 4 is 6.09 Å². The molecule has 0 aliphatic rings. The number of amides is 1. The second kappa shape index (κ2) is 8.70. The number of ether oxygens (including phenoxy) is 1. The normalized spacial score (nSPS) is 13.0. The number of hydrogen-bond donors (Lipinski definition) is 2. The largest absolute Gasteiger partial charge is 0.444 e. The third kappa shape index (κ3) is 6.87. The van der Waals surface area contributed by atoms with Gasteiger partial charge in [-0.3, -0.25) is 9.88 Å². The van der Waals surface area contributed by atoms with Gasteiger partial charge in [-0.1, -0.05) is 13.0 Å². The molecule has 124 valence electrons. The Hall–Kier alpha value is -1.66. The topological polar surface area (TPSA) is 80.5 Å². The van der Waals surface area contributed by atoms with Crippen LogP contribution in [0.3, 0.4) is 0 Å². The van der Waals surface area contributed by atoms with E-state index in [1.807, 2.05) is 39.0 Å². The summed E-state index contributed by atoms with van der Waals surface area (Å²) in [5.74, 6) is 0. The number of nitrogens with two attached hydrogens (primary N) is 1. The highest BCUT2D eigenvalue weighted by atomic mass is 16.6. The Balaban J connectivity index is 2.55. The molecule has 1 rings (SSSR count). The van der Waals surface area contributed by atoms with Crippen LogP contribution in [0.15, 0.2) is 24.4 Å². The van der Waals surface area contributed by atoms with Crippen LogP contribution >= 0.6 is 0 Å². The molecule has 6 heteroatoms. The third-order valence-electron chi connectivity index (χ3n) is 3.17. The number of carbonyl (C=O) groups excluding carboxylic acids is 1. The molecule has 1 aromatic heterocycles. The molecule has 1 aromatic rings. The smallest absolute Gasteiger partial charge is 0.407 e. The van der Waals surface area contributed by atoms with E-state index in [9.17, 15) is 4.79 Å². The molecule has 22 heavy (non-hydrogen) atoms. The number of hydrogen-bond acceptors (Lipinski definition) is 5. The summed E-state index contributed by atoms with van der Waals surface area (Å²) in [7, 11) is 0. The second-order valence-corrected chi connectivity index (χ2v) is 6.16. The molecule has 0 saturated carbocycles. The Labute approximate surface area is 133 Å². The Morgan fingerprint density at radius 3 is 2.68 bits per heavy atom. The van der Waals surface area contributed by atoms with E-state index in [4.69, 9.17) is 10.5 Å². The first-order valence-corrected chi connectivity index (χ1v) is 7.66. The molecule has 0 aromatic carbocycles. The van der Waals surface area contributed by atoms with Gasteiger partial charge in [-0.2, -0.15) is 0 Å². The van der Waals surface area contributed by atoms with Crippen LogP contribution in [0.5, 0.6) is 0 Å². The van der Waals surface area contributed by atoms with Gasteiger partial charge in [-0.25, -0.2) is 4.79 Å². The first kappa shape index (κ1) is 18.4. The van der Waals surface area contributed by atoms with Crippen LogP contribution in [0.25, 0.3) is 0 Å². The Kier molecular flexibility index (Phi) is 7.27. The molecule has 1 amide bonds. The molecule has 0 spiro atoms. The summed E-state index contributed by atoms with van der Waals surface area (Å²) in [5, 5.41) is 2.79. The van der Waals surface area contributed by atoms with Gasteiger partial charge in [0.2, 0.25) is 0 Å². The molecule has 0 saturated heterocycles. The Morgan fingerprint density at radius 1 is 1.45 bits per heavy atom. The van der Waals surface area contributed by atoms with Crippen molar-refractivity contribution in [3.05, 3.63) is 30.1 Å². The summed E-state index contributed by atoms with van der Waals surface area (Å²) >= 11 is 0. The van der Waals surface area contributed by atoms with E-state index in [2.05, 4.69) is 22.1 Å². The van der Waals surface area contributed by atoms with Crippen molar-refractivity contribution < 1.29 is 9.53 Å². The van der Waals surface area contributed by atoms with E-state index in [0.29, 0.717) is 19.6 Å². The van der Waals surface area contributed by atoms with Gasteiger partial charge in [0.05, 0.1) is 5.69 Å². The second-order valence-electron chi connectivity index (χ2n) is 6.16. The standard InChI is InChI=1S/C16H28N4O2/c1-5-20(12-13-8-6-7-9-18-13)14(10-17)11-19-15(21)22-16(2,3)4/h6-9,14H,5,10-12,17H2,1-4H3,(H,19,21). The number of aromatic nitrogens is 1. The van der Waals surface area contributed by atoms with Gasteiger partial charge in [0.25, 0.3) is 0 Å².